The quantitative estimate of drug-likeness (QED) is 0.440. The Morgan fingerprint density at radius 1 is 1.11 bits per heavy atom. The Balaban J connectivity index is 1.53. The van der Waals surface area contributed by atoms with Crippen LogP contribution in [-0.4, -0.2) is 61.1 Å². The van der Waals surface area contributed by atoms with Crippen LogP contribution in [-0.2, 0) is 22.5 Å². The lowest BCUT2D eigenvalue weighted by Crippen LogP contribution is -2.36. The smallest absolute Gasteiger partial charge is 0.253 e. The van der Waals surface area contributed by atoms with Crippen molar-refractivity contribution in [3.8, 4) is 0 Å². The predicted molar refractivity (Wildman–Crippen MR) is 150 cm³/mol. The number of benzene rings is 1. The number of ether oxygens (including phenoxy) is 1. The maximum Gasteiger partial charge on any atom is 0.253 e. The second kappa shape index (κ2) is 12.7. The van der Waals surface area contributed by atoms with Gasteiger partial charge in [0.1, 0.15) is 0 Å². The molecule has 2 fully saturated rings. The van der Waals surface area contributed by atoms with Crippen molar-refractivity contribution in [3.63, 3.8) is 0 Å². The minimum absolute atomic E-state index is 0.0973. The minimum Gasteiger partial charge on any atom is -0.379 e. The van der Waals surface area contributed by atoms with Gasteiger partial charge in [0.15, 0.2) is 0 Å². The molecule has 8 nitrogen and oxygen atoms in total. The summed E-state index contributed by atoms with van der Waals surface area (Å²) in [5, 5.41) is 2.96. The molecule has 1 aromatic carbocycles. The Morgan fingerprint density at radius 2 is 1.84 bits per heavy atom. The number of aryl methyl sites for hydroxylation is 3. The molecular weight excluding hydrogens is 480 g/mol. The number of nitrogens with one attached hydrogen (secondary N) is 2. The minimum atomic E-state index is -0.229. The first-order valence-electron chi connectivity index (χ1n) is 14.0. The van der Waals surface area contributed by atoms with E-state index in [9.17, 15) is 14.4 Å². The summed E-state index contributed by atoms with van der Waals surface area (Å²) in [6.07, 6.45) is 4.78. The molecule has 1 aliphatic heterocycles. The van der Waals surface area contributed by atoms with Crippen molar-refractivity contribution in [2.24, 2.45) is 5.92 Å². The molecule has 1 aromatic heterocycles. The molecular formula is C30H42N4O4. The highest BCUT2D eigenvalue weighted by Crippen LogP contribution is 2.35. The van der Waals surface area contributed by atoms with Gasteiger partial charge in [0, 0.05) is 54.6 Å². The summed E-state index contributed by atoms with van der Waals surface area (Å²) in [5.41, 5.74) is 5.27. The number of pyridine rings is 1. The molecule has 0 radical (unpaired) electrons. The maximum atomic E-state index is 13.5. The molecule has 2 N–H and O–H groups in total. The van der Waals surface area contributed by atoms with Crippen LogP contribution in [0.25, 0.3) is 0 Å². The number of rotatable bonds is 11. The van der Waals surface area contributed by atoms with E-state index >= 15 is 0 Å². The number of aromatic amines is 1. The van der Waals surface area contributed by atoms with Crippen LogP contribution < -0.4 is 15.8 Å². The van der Waals surface area contributed by atoms with Gasteiger partial charge < -0.3 is 19.9 Å². The van der Waals surface area contributed by atoms with Gasteiger partial charge in [-0.05, 0) is 101 Å². The summed E-state index contributed by atoms with van der Waals surface area (Å²) in [4.78, 5) is 46.1. The SMILES string of the molecule is CCN(C(=O)C1CC1)c1cc(CCCCN2CCOCC2)cc(C(=O)NCc2c(C)cc(C)[nH]c2=O)c1C. The molecule has 8 heteroatoms. The van der Waals surface area contributed by atoms with E-state index in [0.717, 1.165) is 93.0 Å². The van der Waals surface area contributed by atoms with Crippen LogP contribution in [0.5, 0.6) is 0 Å². The summed E-state index contributed by atoms with van der Waals surface area (Å²) in [5.74, 6) is 0.0153. The second-order valence-electron chi connectivity index (χ2n) is 10.7. The highest BCUT2D eigenvalue weighted by atomic mass is 16.5. The van der Waals surface area contributed by atoms with Gasteiger partial charge in [0.25, 0.3) is 11.5 Å². The molecule has 2 aromatic rings. The van der Waals surface area contributed by atoms with E-state index in [1.807, 2.05) is 44.7 Å². The number of carbonyl (C=O) groups excluding carboxylic acids is 2. The Morgan fingerprint density at radius 3 is 2.50 bits per heavy atom. The number of unbranched alkanes of at least 4 members (excludes halogenated alkanes) is 1. The lowest BCUT2D eigenvalue weighted by atomic mass is 9.97. The summed E-state index contributed by atoms with van der Waals surface area (Å²) in [6.45, 7) is 13.0. The number of anilines is 1. The molecule has 2 aliphatic rings. The first-order valence-corrected chi connectivity index (χ1v) is 14.0. The predicted octanol–water partition coefficient (Wildman–Crippen LogP) is 3.65. The number of carbonyl (C=O) groups is 2. The highest BCUT2D eigenvalue weighted by Gasteiger charge is 2.34. The molecule has 4 rings (SSSR count). The number of H-pyrrole nitrogens is 1. The fraction of sp³-hybridized carbons (Fsp3) is 0.567. The summed E-state index contributed by atoms with van der Waals surface area (Å²) >= 11 is 0. The van der Waals surface area contributed by atoms with Crippen molar-refractivity contribution in [2.75, 3.05) is 44.3 Å². The molecule has 1 saturated heterocycles. The molecule has 206 valence electrons. The van der Waals surface area contributed by atoms with Crippen LogP contribution in [0.3, 0.4) is 0 Å². The van der Waals surface area contributed by atoms with E-state index in [2.05, 4.69) is 21.3 Å². The number of nitrogens with zero attached hydrogens (tertiary/aromatic N) is 2. The van der Waals surface area contributed by atoms with Crippen molar-refractivity contribution in [2.45, 2.75) is 66.3 Å². The van der Waals surface area contributed by atoms with Gasteiger partial charge in [0.05, 0.1) is 13.2 Å². The molecule has 2 heterocycles. The summed E-state index contributed by atoms with van der Waals surface area (Å²) in [7, 11) is 0. The Bertz CT molecular complexity index is 1210. The Hall–Kier alpha value is -2.97. The van der Waals surface area contributed by atoms with E-state index in [4.69, 9.17) is 4.74 Å². The average molecular weight is 523 g/mol. The van der Waals surface area contributed by atoms with Crippen LogP contribution in [0.1, 0.15) is 70.9 Å². The fourth-order valence-electron chi connectivity index (χ4n) is 5.27. The number of morpholine rings is 1. The van der Waals surface area contributed by atoms with E-state index in [1.165, 1.54) is 0 Å². The van der Waals surface area contributed by atoms with Crippen molar-refractivity contribution in [3.05, 3.63) is 62.1 Å². The topological polar surface area (TPSA) is 94.7 Å². The molecule has 0 atom stereocenters. The molecule has 0 bridgehead atoms. The van der Waals surface area contributed by atoms with Crippen LogP contribution in [0.2, 0.25) is 0 Å². The summed E-state index contributed by atoms with van der Waals surface area (Å²) in [6, 6.07) is 5.97. The van der Waals surface area contributed by atoms with Crippen LogP contribution in [0.4, 0.5) is 5.69 Å². The normalized spacial score (nSPS) is 15.9. The summed E-state index contributed by atoms with van der Waals surface area (Å²) < 4.78 is 5.44. The zero-order valence-electron chi connectivity index (χ0n) is 23.3. The van der Waals surface area contributed by atoms with Crippen LogP contribution in [0.15, 0.2) is 23.0 Å². The lowest BCUT2D eigenvalue weighted by Gasteiger charge is -2.27. The second-order valence-corrected chi connectivity index (χ2v) is 10.7. The molecule has 2 amide bonds. The Labute approximate surface area is 225 Å². The lowest BCUT2D eigenvalue weighted by molar-refractivity contribution is -0.119. The molecule has 1 aliphatic carbocycles. The number of amides is 2. The first kappa shape index (κ1) is 28.0. The van der Waals surface area contributed by atoms with E-state index in [-0.39, 0.29) is 29.8 Å². The largest absolute Gasteiger partial charge is 0.379 e. The molecule has 38 heavy (non-hydrogen) atoms. The maximum absolute atomic E-state index is 13.5. The standard InChI is InChI=1S/C30H42N4O4/c1-5-34(30(37)24-9-10-24)27-18-23(8-6-7-11-33-12-14-38-15-13-33)17-25(22(27)4)28(35)31-19-26-20(2)16-21(3)32-29(26)36/h16-18,24H,5-15,19H2,1-4H3,(H,31,35)(H,32,36). The highest BCUT2D eigenvalue weighted by molar-refractivity contribution is 6.01. The van der Waals surface area contributed by atoms with Crippen molar-refractivity contribution < 1.29 is 14.3 Å². The monoisotopic (exact) mass is 522 g/mol. The van der Waals surface area contributed by atoms with Gasteiger partial charge in [-0.1, -0.05) is 0 Å². The molecule has 0 spiro atoms. The van der Waals surface area contributed by atoms with Gasteiger partial charge in [0.2, 0.25) is 5.91 Å². The number of hydrogen-bond acceptors (Lipinski definition) is 5. The number of aromatic nitrogens is 1. The molecule has 0 unspecified atom stereocenters. The first-order chi connectivity index (χ1) is 18.3. The van der Waals surface area contributed by atoms with Crippen molar-refractivity contribution >= 4 is 17.5 Å². The van der Waals surface area contributed by atoms with Crippen LogP contribution >= 0.6 is 0 Å². The Kier molecular flexibility index (Phi) is 9.39. The van der Waals surface area contributed by atoms with E-state index < -0.39 is 0 Å². The van der Waals surface area contributed by atoms with E-state index in [1.54, 1.807) is 0 Å². The van der Waals surface area contributed by atoms with Gasteiger partial charge in [-0.2, -0.15) is 0 Å². The third-order valence-corrected chi connectivity index (χ3v) is 7.70. The van der Waals surface area contributed by atoms with Gasteiger partial charge >= 0.3 is 0 Å². The van der Waals surface area contributed by atoms with Gasteiger partial charge in [-0.15, -0.1) is 0 Å². The average Bonchev–Trinajstić information content (AvgIpc) is 3.74. The van der Waals surface area contributed by atoms with Gasteiger partial charge in [-0.3, -0.25) is 19.3 Å². The van der Waals surface area contributed by atoms with Gasteiger partial charge in [-0.25, -0.2) is 0 Å². The third-order valence-electron chi connectivity index (χ3n) is 7.70. The zero-order valence-corrected chi connectivity index (χ0v) is 23.3. The third kappa shape index (κ3) is 6.91. The number of hydrogen-bond donors (Lipinski definition) is 2. The van der Waals surface area contributed by atoms with Crippen molar-refractivity contribution in [1.29, 1.82) is 0 Å². The van der Waals surface area contributed by atoms with E-state index in [0.29, 0.717) is 17.7 Å². The zero-order chi connectivity index (χ0) is 27.2. The fourth-order valence-corrected chi connectivity index (χ4v) is 5.27. The van der Waals surface area contributed by atoms with Crippen molar-refractivity contribution in [1.82, 2.24) is 15.2 Å². The molecule has 1 saturated carbocycles. The van der Waals surface area contributed by atoms with Crippen LogP contribution in [0, 0.1) is 26.7 Å².